The van der Waals surface area contributed by atoms with Gasteiger partial charge in [0.05, 0.1) is 11.4 Å². The first-order valence-electron chi connectivity index (χ1n) is 9.46. The number of rotatable bonds is 6. The Morgan fingerprint density at radius 2 is 1.71 bits per heavy atom. The van der Waals surface area contributed by atoms with Crippen molar-refractivity contribution in [3.63, 3.8) is 0 Å². The molecule has 7 heteroatoms. The predicted molar refractivity (Wildman–Crippen MR) is 128 cm³/mol. The summed E-state index contributed by atoms with van der Waals surface area (Å²) in [6, 6.07) is 22.5. The zero-order valence-electron chi connectivity index (χ0n) is 16.3. The summed E-state index contributed by atoms with van der Waals surface area (Å²) in [6.45, 7) is 0.608. The topological polar surface area (TPSA) is 46.6 Å². The molecule has 1 saturated heterocycles. The summed E-state index contributed by atoms with van der Waals surface area (Å²) in [5, 5.41) is 0.309. The molecule has 0 N–H and O–H groups in total. The zero-order valence-corrected chi connectivity index (χ0v) is 19.4. The monoisotopic (exact) mass is 513 g/mol. The van der Waals surface area contributed by atoms with Crippen LogP contribution in [0.1, 0.15) is 16.7 Å². The van der Waals surface area contributed by atoms with E-state index in [9.17, 15) is 9.59 Å². The van der Waals surface area contributed by atoms with Crippen molar-refractivity contribution in [3.8, 4) is 5.75 Å². The Morgan fingerprint density at radius 3 is 2.45 bits per heavy atom. The normalized spacial score (nSPS) is 15.0. The number of nitrogens with zero attached hydrogens (tertiary/aromatic N) is 1. The fraction of sp³-hybridized carbons (Fsp3) is 0.0833. The molecule has 0 saturated carbocycles. The van der Waals surface area contributed by atoms with E-state index < -0.39 is 0 Å². The quantitative estimate of drug-likeness (QED) is 0.335. The number of carbonyl (C=O) groups is 2. The van der Waals surface area contributed by atoms with E-state index >= 15 is 0 Å². The van der Waals surface area contributed by atoms with Gasteiger partial charge in [-0.1, -0.05) is 70.0 Å². The van der Waals surface area contributed by atoms with E-state index in [0.717, 1.165) is 32.9 Å². The molecule has 2 amide bonds. The fourth-order valence-electron chi connectivity index (χ4n) is 3.05. The Kier molecular flexibility index (Phi) is 6.80. The Labute approximate surface area is 198 Å². The first-order chi connectivity index (χ1) is 15.0. The van der Waals surface area contributed by atoms with E-state index in [1.807, 2.05) is 48.5 Å². The Hall–Kier alpha value is -2.54. The summed E-state index contributed by atoms with van der Waals surface area (Å²) in [7, 11) is 0. The molecule has 3 aromatic carbocycles. The van der Waals surface area contributed by atoms with Crippen molar-refractivity contribution in [3.05, 3.63) is 104 Å². The van der Waals surface area contributed by atoms with Gasteiger partial charge in [0.15, 0.2) is 0 Å². The van der Waals surface area contributed by atoms with Crippen LogP contribution in [0.2, 0.25) is 5.02 Å². The lowest BCUT2D eigenvalue weighted by atomic mass is 10.1. The molecule has 0 spiro atoms. The van der Waals surface area contributed by atoms with Crippen LogP contribution in [0.5, 0.6) is 5.75 Å². The van der Waals surface area contributed by atoms with E-state index in [0.29, 0.717) is 22.3 Å². The van der Waals surface area contributed by atoms with E-state index in [2.05, 4.69) is 15.9 Å². The molecule has 1 fully saturated rings. The molecule has 0 atom stereocenters. The number of thioether (sulfide) groups is 1. The average molecular weight is 515 g/mol. The molecule has 1 aliphatic rings. The second-order valence-electron chi connectivity index (χ2n) is 6.85. The average Bonchev–Trinajstić information content (AvgIpc) is 3.03. The van der Waals surface area contributed by atoms with Crippen molar-refractivity contribution < 1.29 is 14.3 Å². The number of benzene rings is 3. The number of halogens is 2. The predicted octanol–water partition coefficient (Wildman–Crippen LogP) is 6.92. The first kappa shape index (κ1) is 21.7. The van der Waals surface area contributed by atoms with Gasteiger partial charge >= 0.3 is 0 Å². The van der Waals surface area contributed by atoms with Gasteiger partial charge in [0.1, 0.15) is 12.4 Å². The highest BCUT2D eigenvalue weighted by molar-refractivity contribution is 9.10. The maximum Gasteiger partial charge on any atom is 0.293 e. The van der Waals surface area contributed by atoms with Crippen molar-refractivity contribution in [1.29, 1.82) is 0 Å². The molecule has 156 valence electrons. The summed E-state index contributed by atoms with van der Waals surface area (Å²) in [5.41, 5.74) is 2.60. The molecule has 0 aromatic heterocycles. The Bertz CT molecular complexity index is 1150. The number of carbonyl (C=O) groups excluding carboxylic acids is 2. The van der Waals surface area contributed by atoms with Gasteiger partial charge in [0.2, 0.25) is 0 Å². The highest BCUT2D eigenvalue weighted by Gasteiger charge is 2.35. The van der Waals surface area contributed by atoms with Crippen LogP contribution in [0, 0.1) is 0 Å². The van der Waals surface area contributed by atoms with Gasteiger partial charge in [-0.2, -0.15) is 0 Å². The van der Waals surface area contributed by atoms with Gasteiger partial charge in [0, 0.05) is 15.1 Å². The molecule has 1 heterocycles. The van der Waals surface area contributed by atoms with E-state index in [1.165, 1.54) is 4.90 Å². The number of hydrogen-bond donors (Lipinski definition) is 0. The minimum atomic E-state index is -0.320. The second kappa shape index (κ2) is 9.73. The van der Waals surface area contributed by atoms with Crippen LogP contribution in [0.15, 0.2) is 82.2 Å². The molecule has 3 aromatic rings. The fourth-order valence-corrected chi connectivity index (χ4v) is 4.38. The van der Waals surface area contributed by atoms with E-state index in [4.69, 9.17) is 16.3 Å². The van der Waals surface area contributed by atoms with Gasteiger partial charge in [0.25, 0.3) is 11.1 Å². The highest BCUT2D eigenvalue weighted by Crippen LogP contribution is 2.36. The molecular formula is C24H17BrClNO3S. The molecule has 1 aliphatic heterocycles. The lowest BCUT2D eigenvalue weighted by molar-refractivity contribution is -0.123. The standard InChI is InChI=1S/C24H17BrClNO3S/c25-19-8-11-21(30-15-17-4-2-1-3-5-17)18(12-19)13-22-23(28)27(24(29)31-22)14-16-6-9-20(26)10-7-16/h1-13H,14-15H2/b22-13-. The highest BCUT2D eigenvalue weighted by atomic mass is 79.9. The van der Waals surface area contributed by atoms with Crippen LogP contribution < -0.4 is 4.74 Å². The molecule has 4 rings (SSSR count). The number of hydrogen-bond acceptors (Lipinski definition) is 4. The van der Waals surface area contributed by atoms with Gasteiger partial charge in [-0.15, -0.1) is 0 Å². The van der Waals surface area contributed by atoms with Crippen molar-refractivity contribution >= 4 is 56.5 Å². The van der Waals surface area contributed by atoms with Crippen molar-refractivity contribution in [1.82, 2.24) is 4.90 Å². The van der Waals surface area contributed by atoms with Crippen LogP contribution in [0.3, 0.4) is 0 Å². The Balaban J connectivity index is 1.55. The third-order valence-corrected chi connectivity index (χ3v) is 6.28. The van der Waals surface area contributed by atoms with Gasteiger partial charge in [-0.05, 0) is 59.3 Å². The minimum absolute atomic E-state index is 0.203. The lowest BCUT2D eigenvalue weighted by Crippen LogP contribution is -2.27. The lowest BCUT2D eigenvalue weighted by Gasteiger charge is -2.12. The summed E-state index contributed by atoms with van der Waals surface area (Å²) in [4.78, 5) is 27.0. The number of imide groups is 1. The van der Waals surface area contributed by atoms with Crippen molar-refractivity contribution in [2.24, 2.45) is 0 Å². The SMILES string of the molecule is O=C1S/C(=C\c2cc(Br)ccc2OCc2ccccc2)C(=O)N1Cc1ccc(Cl)cc1. The van der Waals surface area contributed by atoms with E-state index in [-0.39, 0.29) is 17.7 Å². The van der Waals surface area contributed by atoms with Crippen LogP contribution in [-0.2, 0) is 17.9 Å². The molecule has 0 unspecified atom stereocenters. The van der Waals surface area contributed by atoms with Crippen molar-refractivity contribution in [2.75, 3.05) is 0 Å². The maximum atomic E-state index is 12.9. The van der Waals surface area contributed by atoms with E-state index in [1.54, 1.807) is 30.3 Å². The van der Waals surface area contributed by atoms with Crippen LogP contribution in [0.4, 0.5) is 4.79 Å². The number of ether oxygens (including phenoxy) is 1. The smallest absolute Gasteiger partial charge is 0.293 e. The zero-order chi connectivity index (χ0) is 21.8. The van der Waals surface area contributed by atoms with Crippen LogP contribution >= 0.6 is 39.3 Å². The maximum absolute atomic E-state index is 12.9. The van der Waals surface area contributed by atoms with Gasteiger partial charge in [-0.25, -0.2) is 0 Å². The molecule has 31 heavy (non-hydrogen) atoms. The summed E-state index contributed by atoms with van der Waals surface area (Å²) in [6.07, 6.45) is 1.71. The third kappa shape index (κ3) is 5.39. The van der Waals surface area contributed by atoms with Crippen LogP contribution in [-0.4, -0.2) is 16.0 Å². The molecule has 4 nitrogen and oxygen atoms in total. The van der Waals surface area contributed by atoms with Gasteiger partial charge in [-0.3, -0.25) is 14.5 Å². The summed E-state index contributed by atoms with van der Waals surface area (Å²) in [5.74, 6) is 0.315. The first-order valence-corrected chi connectivity index (χ1v) is 11.4. The van der Waals surface area contributed by atoms with Gasteiger partial charge < -0.3 is 4.74 Å². The van der Waals surface area contributed by atoms with Crippen LogP contribution in [0.25, 0.3) is 6.08 Å². The minimum Gasteiger partial charge on any atom is -0.488 e. The molecule has 0 radical (unpaired) electrons. The second-order valence-corrected chi connectivity index (χ2v) is 9.20. The largest absolute Gasteiger partial charge is 0.488 e. The molecule has 0 aliphatic carbocycles. The number of amides is 2. The summed E-state index contributed by atoms with van der Waals surface area (Å²) < 4.78 is 6.84. The third-order valence-electron chi connectivity index (χ3n) is 4.62. The molecule has 0 bridgehead atoms. The van der Waals surface area contributed by atoms with Crippen molar-refractivity contribution in [2.45, 2.75) is 13.2 Å². The molecular weight excluding hydrogens is 498 g/mol. The summed E-state index contributed by atoms with van der Waals surface area (Å²) >= 11 is 10.3. The Morgan fingerprint density at radius 1 is 0.968 bits per heavy atom.